The fourth-order valence-corrected chi connectivity index (χ4v) is 6.54. The number of nitrogens with one attached hydrogen (secondary N) is 1. The van der Waals surface area contributed by atoms with Gasteiger partial charge in [-0.2, -0.15) is 4.31 Å². The molecule has 0 unspecified atom stereocenters. The van der Waals surface area contributed by atoms with Crippen LogP contribution in [0.25, 0.3) is 10.9 Å². The molecule has 1 aromatic heterocycles. The highest BCUT2D eigenvalue weighted by molar-refractivity contribution is 7.89. The molecular formula is C27H32N4O4S. The van der Waals surface area contributed by atoms with Gasteiger partial charge >= 0.3 is 0 Å². The van der Waals surface area contributed by atoms with Crippen molar-refractivity contribution in [2.24, 2.45) is 5.92 Å². The van der Waals surface area contributed by atoms with Crippen molar-refractivity contribution in [1.29, 1.82) is 0 Å². The van der Waals surface area contributed by atoms with Crippen molar-refractivity contribution in [3.63, 3.8) is 0 Å². The maximum absolute atomic E-state index is 12.9. The van der Waals surface area contributed by atoms with E-state index < -0.39 is 10.0 Å². The van der Waals surface area contributed by atoms with Gasteiger partial charge in [-0.1, -0.05) is 12.1 Å². The van der Waals surface area contributed by atoms with Crippen LogP contribution in [0.4, 0.5) is 5.82 Å². The van der Waals surface area contributed by atoms with Crippen LogP contribution < -0.4 is 15.0 Å². The van der Waals surface area contributed by atoms with Gasteiger partial charge in [0.2, 0.25) is 15.9 Å². The Hall–Kier alpha value is -3.17. The van der Waals surface area contributed by atoms with E-state index in [-0.39, 0.29) is 11.8 Å². The topological polar surface area (TPSA) is 91.8 Å². The second kappa shape index (κ2) is 10.4. The molecule has 2 saturated heterocycles. The molecular weight excluding hydrogens is 476 g/mol. The van der Waals surface area contributed by atoms with Gasteiger partial charge in [-0.25, -0.2) is 13.4 Å². The summed E-state index contributed by atoms with van der Waals surface area (Å²) in [5, 5.41) is 3.86. The summed E-state index contributed by atoms with van der Waals surface area (Å²) in [7, 11) is -1.83. The maximum Gasteiger partial charge on any atom is 0.243 e. The number of hydrogen-bond donors (Lipinski definition) is 1. The predicted molar refractivity (Wildman–Crippen MR) is 140 cm³/mol. The average molecular weight is 509 g/mol. The van der Waals surface area contributed by atoms with E-state index in [0.717, 1.165) is 60.3 Å². The summed E-state index contributed by atoms with van der Waals surface area (Å²) >= 11 is 0. The molecule has 9 heteroatoms. The zero-order valence-electron chi connectivity index (χ0n) is 20.5. The van der Waals surface area contributed by atoms with Gasteiger partial charge in [0.1, 0.15) is 11.6 Å². The number of carbonyl (C=O) groups is 1. The first-order valence-electron chi connectivity index (χ1n) is 12.5. The number of fused-ring (bicyclic) bond motifs is 1. The Morgan fingerprint density at radius 1 is 1.03 bits per heavy atom. The van der Waals surface area contributed by atoms with E-state index in [2.05, 4.69) is 10.2 Å². The average Bonchev–Trinajstić information content (AvgIpc) is 3.48. The summed E-state index contributed by atoms with van der Waals surface area (Å²) < 4.78 is 32.6. The van der Waals surface area contributed by atoms with Gasteiger partial charge < -0.3 is 15.0 Å². The zero-order chi connectivity index (χ0) is 25.1. The highest BCUT2D eigenvalue weighted by Crippen LogP contribution is 2.27. The molecule has 5 rings (SSSR count). The third-order valence-corrected chi connectivity index (χ3v) is 8.99. The molecule has 2 aliphatic rings. The lowest BCUT2D eigenvalue weighted by molar-refractivity contribution is -0.125. The van der Waals surface area contributed by atoms with Crippen molar-refractivity contribution in [3.8, 4) is 5.75 Å². The number of aromatic nitrogens is 1. The number of piperidine rings is 1. The van der Waals surface area contributed by atoms with E-state index in [0.29, 0.717) is 31.1 Å². The minimum Gasteiger partial charge on any atom is -0.497 e. The SMILES string of the molecule is COc1ccc(CNC(=O)[C@H]2CCCN(c3ccc4cc(S(=O)(=O)N5CCCC5)ccc4n3)C2)cc1. The number of methoxy groups -OCH3 is 1. The first kappa shape index (κ1) is 24.5. The summed E-state index contributed by atoms with van der Waals surface area (Å²) in [5.74, 6) is 1.54. The van der Waals surface area contributed by atoms with Crippen molar-refractivity contribution in [1.82, 2.24) is 14.6 Å². The zero-order valence-corrected chi connectivity index (χ0v) is 21.3. The normalized spacial score (nSPS) is 18.9. The number of anilines is 1. The van der Waals surface area contributed by atoms with Crippen LogP contribution in [0.3, 0.4) is 0 Å². The molecule has 1 amide bonds. The van der Waals surface area contributed by atoms with E-state index in [4.69, 9.17) is 9.72 Å². The van der Waals surface area contributed by atoms with Gasteiger partial charge in [-0.3, -0.25) is 4.79 Å². The number of rotatable bonds is 7. The fourth-order valence-electron chi connectivity index (χ4n) is 4.98. The molecule has 8 nitrogen and oxygen atoms in total. The van der Waals surface area contributed by atoms with Gasteiger partial charge in [0, 0.05) is 38.1 Å². The highest BCUT2D eigenvalue weighted by atomic mass is 32.2. The molecule has 0 bridgehead atoms. The van der Waals surface area contributed by atoms with Crippen molar-refractivity contribution < 1.29 is 17.9 Å². The third kappa shape index (κ3) is 5.17. The van der Waals surface area contributed by atoms with E-state index >= 15 is 0 Å². The number of hydrogen-bond acceptors (Lipinski definition) is 6. The van der Waals surface area contributed by atoms with Gasteiger partial charge in [-0.15, -0.1) is 0 Å². The number of nitrogens with zero attached hydrogens (tertiary/aromatic N) is 3. The van der Waals surface area contributed by atoms with Gasteiger partial charge in [0.15, 0.2) is 0 Å². The van der Waals surface area contributed by atoms with Crippen LogP contribution >= 0.6 is 0 Å². The highest BCUT2D eigenvalue weighted by Gasteiger charge is 2.28. The molecule has 1 N–H and O–H groups in total. The van der Waals surface area contributed by atoms with Gasteiger partial charge in [0.05, 0.1) is 23.4 Å². The largest absolute Gasteiger partial charge is 0.497 e. The summed E-state index contributed by atoms with van der Waals surface area (Å²) in [6.45, 7) is 3.09. The Bertz CT molecular complexity index is 1340. The van der Waals surface area contributed by atoms with E-state index in [1.807, 2.05) is 36.4 Å². The number of pyridine rings is 1. The van der Waals surface area contributed by atoms with Crippen LogP contribution in [0.5, 0.6) is 5.75 Å². The second-order valence-corrected chi connectivity index (χ2v) is 11.4. The Morgan fingerprint density at radius 2 is 1.81 bits per heavy atom. The lowest BCUT2D eigenvalue weighted by Gasteiger charge is -2.33. The van der Waals surface area contributed by atoms with Crippen molar-refractivity contribution in [3.05, 3.63) is 60.2 Å². The summed E-state index contributed by atoms with van der Waals surface area (Å²) in [5.41, 5.74) is 1.78. The molecule has 0 saturated carbocycles. The smallest absolute Gasteiger partial charge is 0.243 e. The van der Waals surface area contributed by atoms with E-state index in [9.17, 15) is 13.2 Å². The molecule has 2 aliphatic heterocycles. The van der Waals surface area contributed by atoms with Crippen LogP contribution in [0.2, 0.25) is 0 Å². The van der Waals surface area contributed by atoms with Crippen LogP contribution in [0, 0.1) is 5.92 Å². The van der Waals surface area contributed by atoms with Crippen molar-refractivity contribution >= 4 is 32.7 Å². The molecule has 0 spiro atoms. The molecule has 2 fully saturated rings. The first-order chi connectivity index (χ1) is 17.4. The van der Waals surface area contributed by atoms with Crippen molar-refractivity contribution in [2.45, 2.75) is 37.1 Å². The lowest BCUT2D eigenvalue weighted by Crippen LogP contribution is -2.43. The maximum atomic E-state index is 12.9. The predicted octanol–water partition coefficient (Wildman–Crippen LogP) is 3.56. The Kier molecular flexibility index (Phi) is 7.11. The van der Waals surface area contributed by atoms with E-state index in [1.165, 1.54) is 0 Å². The van der Waals surface area contributed by atoms with Gasteiger partial charge in [-0.05, 0) is 73.7 Å². The third-order valence-electron chi connectivity index (χ3n) is 7.09. The van der Waals surface area contributed by atoms with Crippen LogP contribution in [-0.4, -0.2) is 56.9 Å². The van der Waals surface area contributed by atoms with E-state index in [1.54, 1.807) is 29.6 Å². The summed E-state index contributed by atoms with van der Waals surface area (Å²) in [4.78, 5) is 20.1. The van der Waals surface area contributed by atoms with Gasteiger partial charge in [0.25, 0.3) is 0 Å². The quantitative estimate of drug-likeness (QED) is 0.525. The minimum absolute atomic E-state index is 0.0491. The molecule has 36 heavy (non-hydrogen) atoms. The minimum atomic E-state index is -3.46. The Labute approximate surface area is 212 Å². The molecule has 2 aromatic carbocycles. The first-order valence-corrected chi connectivity index (χ1v) is 13.9. The molecule has 3 aromatic rings. The summed E-state index contributed by atoms with van der Waals surface area (Å²) in [6, 6.07) is 16.7. The van der Waals surface area contributed by atoms with Crippen LogP contribution in [-0.2, 0) is 21.4 Å². The second-order valence-electron chi connectivity index (χ2n) is 9.49. The van der Waals surface area contributed by atoms with Crippen molar-refractivity contribution in [2.75, 3.05) is 38.2 Å². The molecule has 0 radical (unpaired) electrons. The molecule has 3 heterocycles. The standard InChI is InChI=1S/C27H32N4O4S/c1-35-23-9-6-20(7-10-23)18-28-27(32)22-5-4-14-30(19-22)26-13-8-21-17-24(11-12-25(21)29-26)36(33,34)31-15-2-3-16-31/h6-13,17,22H,2-5,14-16,18-19H2,1H3,(H,28,32)/t22-/m0/s1. The fraction of sp³-hybridized carbons (Fsp3) is 0.407. The number of ether oxygens (including phenoxy) is 1. The monoisotopic (exact) mass is 508 g/mol. The van der Waals surface area contributed by atoms with Crippen LogP contribution in [0.15, 0.2) is 59.5 Å². The Balaban J connectivity index is 1.25. The lowest BCUT2D eigenvalue weighted by atomic mass is 9.97. The number of benzene rings is 2. The number of sulfonamides is 1. The number of carbonyl (C=O) groups excluding carboxylic acids is 1. The molecule has 190 valence electrons. The molecule has 0 aliphatic carbocycles. The summed E-state index contributed by atoms with van der Waals surface area (Å²) in [6.07, 6.45) is 3.58. The molecule has 1 atom stereocenters. The van der Waals surface area contributed by atoms with Crippen LogP contribution in [0.1, 0.15) is 31.2 Å². The number of amides is 1. The Morgan fingerprint density at radius 3 is 2.56 bits per heavy atom.